The third-order valence-electron chi connectivity index (χ3n) is 4.26. The molecule has 0 aromatic heterocycles. The summed E-state index contributed by atoms with van der Waals surface area (Å²) in [6, 6.07) is 8.21. The largest absolute Gasteiger partial charge is 0.271 e. The smallest absolute Gasteiger partial charge is 0.258 e. The molecule has 2 unspecified atom stereocenters. The molecule has 1 amide bonds. The number of hydrogen-bond acceptors (Lipinski definition) is 4. The molecule has 1 heterocycles. The summed E-state index contributed by atoms with van der Waals surface area (Å²) >= 11 is 0. The summed E-state index contributed by atoms with van der Waals surface area (Å²) in [6.07, 6.45) is 2.43. The summed E-state index contributed by atoms with van der Waals surface area (Å²) in [5, 5.41) is 4.06. The topological polar surface area (TPSA) is 65.5 Å². The van der Waals surface area contributed by atoms with Crippen LogP contribution >= 0.6 is 0 Å². The van der Waals surface area contributed by atoms with E-state index in [1.165, 1.54) is 5.56 Å². The van der Waals surface area contributed by atoms with E-state index >= 15 is 0 Å². The molecule has 0 saturated carbocycles. The van der Waals surface area contributed by atoms with Gasteiger partial charge in [-0.25, -0.2) is 10.9 Å². The molecule has 1 aliphatic heterocycles. The van der Waals surface area contributed by atoms with Gasteiger partial charge in [0.1, 0.15) is 6.04 Å². The van der Waals surface area contributed by atoms with Crippen molar-refractivity contribution < 1.29 is 4.79 Å². The number of carbonyl (C=O) groups is 1. The molecule has 0 radical (unpaired) electrons. The lowest BCUT2D eigenvalue weighted by Crippen LogP contribution is -2.43. The molecule has 1 aromatic carbocycles. The number of rotatable bonds is 4. The standard InChI is InChI=1S/C18H28N4O/c1-12(2)14-8-6-13(7-9-14)11-19-22-17(23)15-10-16(21-20-15)18(3,4)5/h6-9,11-12,15-16,20-21H,10H2,1-5H3,(H,22,23)/b19-11+. The number of hydrazone groups is 1. The van der Waals surface area contributed by atoms with Crippen molar-refractivity contribution in [2.75, 3.05) is 0 Å². The van der Waals surface area contributed by atoms with Gasteiger partial charge < -0.3 is 0 Å². The van der Waals surface area contributed by atoms with Gasteiger partial charge in [0.15, 0.2) is 0 Å². The molecule has 23 heavy (non-hydrogen) atoms. The number of nitrogens with one attached hydrogen (secondary N) is 3. The minimum absolute atomic E-state index is 0.112. The van der Waals surface area contributed by atoms with Crippen LogP contribution < -0.4 is 16.3 Å². The van der Waals surface area contributed by atoms with Gasteiger partial charge in [-0.05, 0) is 28.9 Å². The third kappa shape index (κ3) is 4.88. The molecule has 2 rings (SSSR count). The minimum atomic E-state index is -0.250. The average Bonchev–Trinajstić information content (AvgIpc) is 2.97. The zero-order valence-corrected chi connectivity index (χ0v) is 14.7. The van der Waals surface area contributed by atoms with Crippen LogP contribution in [0.1, 0.15) is 58.1 Å². The first kappa shape index (κ1) is 17.6. The molecule has 126 valence electrons. The third-order valence-corrected chi connectivity index (χ3v) is 4.26. The fourth-order valence-corrected chi connectivity index (χ4v) is 2.51. The molecular formula is C18H28N4O. The van der Waals surface area contributed by atoms with Crippen molar-refractivity contribution in [2.24, 2.45) is 10.5 Å². The van der Waals surface area contributed by atoms with E-state index < -0.39 is 0 Å². The van der Waals surface area contributed by atoms with Gasteiger partial charge in [0.25, 0.3) is 5.91 Å². The molecule has 3 N–H and O–H groups in total. The lowest BCUT2D eigenvalue weighted by atomic mass is 9.84. The van der Waals surface area contributed by atoms with Crippen LogP contribution in [0.5, 0.6) is 0 Å². The van der Waals surface area contributed by atoms with Gasteiger partial charge >= 0.3 is 0 Å². The summed E-state index contributed by atoms with van der Waals surface area (Å²) in [7, 11) is 0. The van der Waals surface area contributed by atoms with Crippen LogP contribution in [-0.4, -0.2) is 24.2 Å². The zero-order valence-electron chi connectivity index (χ0n) is 14.7. The predicted octanol–water partition coefficient (Wildman–Crippen LogP) is 2.54. The average molecular weight is 316 g/mol. The van der Waals surface area contributed by atoms with Crippen molar-refractivity contribution in [3.05, 3.63) is 35.4 Å². The molecule has 0 spiro atoms. The highest BCUT2D eigenvalue weighted by molar-refractivity contribution is 5.85. The Morgan fingerprint density at radius 2 is 1.91 bits per heavy atom. The second-order valence-corrected chi connectivity index (χ2v) is 7.55. The maximum absolute atomic E-state index is 12.1. The molecule has 1 aromatic rings. The highest BCUT2D eigenvalue weighted by atomic mass is 16.2. The molecule has 5 nitrogen and oxygen atoms in total. The Hall–Kier alpha value is -1.72. The number of hydrazine groups is 1. The van der Waals surface area contributed by atoms with Crippen molar-refractivity contribution in [3.8, 4) is 0 Å². The zero-order chi connectivity index (χ0) is 17.0. The van der Waals surface area contributed by atoms with Crippen LogP contribution in [0.2, 0.25) is 0 Å². The van der Waals surface area contributed by atoms with E-state index in [0.29, 0.717) is 5.92 Å². The summed E-state index contributed by atoms with van der Waals surface area (Å²) in [5.41, 5.74) is 11.2. The number of amides is 1. The first-order valence-corrected chi connectivity index (χ1v) is 8.21. The van der Waals surface area contributed by atoms with Crippen LogP contribution in [0.15, 0.2) is 29.4 Å². The van der Waals surface area contributed by atoms with E-state index in [2.05, 4.69) is 68.1 Å². The number of benzene rings is 1. The minimum Gasteiger partial charge on any atom is -0.271 e. The molecule has 0 bridgehead atoms. The van der Waals surface area contributed by atoms with Gasteiger partial charge in [0, 0.05) is 6.04 Å². The summed E-state index contributed by atoms with van der Waals surface area (Å²) < 4.78 is 0. The first-order chi connectivity index (χ1) is 10.8. The quantitative estimate of drug-likeness (QED) is 0.591. The Morgan fingerprint density at radius 3 is 2.43 bits per heavy atom. The highest BCUT2D eigenvalue weighted by Crippen LogP contribution is 2.25. The molecule has 1 aliphatic rings. The highest BCUT2D eigenvalue weighted by Gasteiger charge is 2.35. The maximum Gasteiger partial charge on any atom is 0.258 e. The van der Waals surface area contributed by atoms with Crippen molar-refractivity contribution in [2.45, 2.75) is 59.0 Å². The molecule has 0 aliphatic carbocycles. The van der Waals surface area contributed by atoms with E-state index in [1.54, 1.807) is 6.21 Å². The predicted molar refractivity (Wildman–Crippen MR) is 94.2 cm³/mol. The van der Waals surface area contributed by atoms with Crippen LogP contribution in [-0.2, 0) is 4.79 Å². The van der Waals surface area contributed by atoms with Gasteiger partial charge in [-0.1, -0.05) is 58.9 Å². The van der Waals surface area contributed by atoms with E-state index in [1.807, 2.05) is 12.1 Å². The fraction of sp³-hybridized carbons (Fsp3) is 0.556. The van der Waals surface area contributed by atoms with Gasteiger partial charge in [-0.2, -0.15) is 5.10 Å². The Labute approximate surface area is 138 Å². The number of hydrogen-bond donors (Lipinski definition) is 3. The van der Waals surface area contributed by atoms with Crippen molar-refractivity contribution in [3.63, 3.8) is 0 Å². The molecule has 1 saturated heterocycles. The van der Waals surface area contributed by atoms with Gasteiger partial charge in [-0.3, -0.25) is 10.2 Å². The Bertz CT molecular complexity index is 557. The van der Waals surface area contributed by atoms with Crippen LogP contribution in [0, 0.1) is 5.41 Å². The van der Waals surface area contributed by atoms with Crippen molar-refractivity contribution >= 4 is 12.1 Å². The molecular weight excluding hydrogens is 288 g/mol. The van der Waals surface area contributed by atoms with Crippen molar-refractivity contribution in [1.29, 1.82) is 0 Å². The summed E-state index contributed by atoms with van der Waals surface area (Å²) in [4.78, 5) is 12.1. The molecule has 5 heteroatoms. The Balaban J connectivity index is 1.85. The number of carbonyl (C=O) groups excluding carboxylic acids is 1. The summed E-state index contributed by atoms with van der Waals surface area (Å²) in [6.45, 7) is 10.8. The van der Waals surface area contributed by atoms with Gasteiger partial charge in [0.05, 0.1) is 6.21 Å². The number of nitrogens with zero attached hydrogens (tertiary/aromatic N) is 1. The first-order valence-electron chi connectivity index (χ1n) is 8.21. The lowest BCUT2D eigenvalue weighted by Gasteiger charge is -2.25. The van der Waals surface area contributed by atoms with E-state index in [4.69, 9.17) is 0 Å². The van der Waals surface area contributed by atoms with Crippen LogP contribution in [0.4, 0.5) is 0 Å². The SMILES string of the molecule is CC(C)c1ccc(/C=N/NC(=O)C2CC(C(C)(C)C)NN2)cc1. The summed E-state index contributed by atoms with van der Waals surface area (Å²) in [5.74, 6) is 0.400. The molecule has 1 fully saturated rings. The van der Waals surface area contributed by atoms with E-state index in [0.717, 1.165) is 12.0 Å². The van der Waals surface area contributed by atoms with Gasteiger partial charge in [-0.15, -0.1) is 0 Å². The monoisotopic (exact) mass is 316 g/mol. The lowest BCUT2D eigenvalue weighted by molar-refractivity contribution is -0.122. The molecule has 2 atom stereocenters. The normalized spacial score (nSPS) is 22.0. The fourth-order valence-electron chi connectivity index (χ4n) is 2.51. The van der Waals surface area contributed by atoms with E-state index in [9.17, 15) is 4.79 Å². The Kier molecular flexibility index (Phi) is 5.55. The second-order valence-electron chi connectivity index (χ2n) is 7.55. The van der Waals surface area contributed by atoms with Crippen LogP contribution in [0.3, 0.4) is 0 Å². The van der Waals surface area contributed by atoms with E-state index in [-0.39, 0.29) is 23.4 Å². The Morgan fingerprint density at radius 1 is 1.26 bits per heavy atom. The van der Waals surface area contributed by atoms with Crippen LogP contribution in [0.25, 0.3) is 0 Å². The second kappa shape index (κ2) is 7.23. The van der Waals surface area contributed by atoms with Gasteiger partial charge in [0.2, 0.25) is 0 Å². The van der Waals surface area contributed by atoms with Crippen molar-refractivity contribution in [1.82, 2.24) is 16.3 Å². The maximum atomic E-state index is 12.1.